The van der Waals surface area contributed by atoms with Crippen LogP contribution < -0.4 is 10.1 Å². The maximum atomic E-state index is 12.9. The first-order valence-electron chi connectivity index (χ1n) is 6.65. The minimum atomic E-state index is -4.58. The first kappa shape index (κ1) is 18.0. The molecule has 0 saturated carbocycles. The second-order valence-electron chi connectivity index (χ2n) is 4.68. The molecule has 1 amide bonds. The van der Waals surface area contributed by atoms with Gasteiger partial charge in [0.25, 0.3) is 5.91 Å². The second-order valence-corrected chi connectivity index (χ2v) is 5.60. The lowest BCUT2D eigenvalue weighted by molar-refractivity contribution is -0.137. The van der Waals surface area contributed by atoms with Gasteiger partial charge in [0.05, 0.1) is 16.8 Å². The van der Waals surface area contributed by atoms with Crippen molar-refractivity contribution in [2.75, 3.05) is 11.9 Å². The van der Waals surface area contributed by atoms with E-state index in [0.717, 1.165) is 12.1 Å². The molecule has 0 aliphatic carbocycles. The molecule has 0 spiro atoms. The van der Waals surface area contributed by atoms with Gasteiger partial charge >= 0.3 is 6.18 Å². The first-order valence-corrected chi connectivity index (χ1v) is 7.44. The van der Waals surface area contributed by atoms with E-state index in [-0.39, 0.29) is 17.0 Å². The van der Waals surface area contributed by atoms with E-state index in [2.05, 4.69) is 21.2 Å². The van der Waals surface area contributed by atoms with E-state index in [1.807, 2.05) is 0 Å². The molecule has 0 fully saturated rings. The molecule has 24 heavy (non-hydrogen) atoms. The summed E-state index contributed by atoms with van der Waals surface area (Å²) in [6.45, 7) is -0.533. The second kappa shape index (κ2) is 7.48. The summed E-state index contributed by atoms with van der Waals surface area (Å²) >= 11 is 3.19. The van der Waals surface area contributed by atoms with Crippen LogP contribution in [0.15, 0.2) is 46.9 Å². The third-order valence-corrected chi connectivity index (χ3v) is 3.46. The number of carbonyl (C=O) groups is 2. The molecule has 0 atom stereocenters. The van der Waals surface area contributed by atoms with Gasteiger partial charge in [-0.2, -0.15) is 13.2 Å². The monoisotopic (exact) mass is 401 g/mol. The Bertz CT molecular complexity index is 762. The zero-order chi connectivity index (χ0) is 17.7. The van der Waals surface area contributed by atoms with Crippen LogP contribution in [0.1, 0.15) is 15.9 Å². The van der Waals surface area contributed by atoms with Gasteiger partial charge in [-0.1, -0.05) is 28.1 Å². The molecule has 4 nitrogen and oxygen atoms in total. The number of anilines is 1. The van der Waals surface area contributed by atoms with Crippen LogP contribution in [0.4, 0.5) is 18.9 Å². The Morgan fingerprint density at radius 3 is 2.58 bits per heavy atom. The van der Waals surface area contributed by atoms with Crippen LogP contribution in [-0.4, -0.2) is 18.8 Å². The third kappa shape index (κ3) is 4.58. The van der Waals surface area contributed by atoms with Crippen LogP contribution in [0.25, 0.3) is 0 Å². The maximum absolute atomic E-state index is 12.9. The number of amides is 1. The van der Waals surface area contributed by atoms with Crippen molar-refractivity contribution in [3.63, 3.8) is 0 Å². The average molecular weight is 402 g/mol. The molecule has 1 N–H and O–H groups in total. The Labute approximate surface area is 143 Å². The summed E-state index contributed by atoms with van der Waals surface area (Å²) in [5.74, 6) is -0.612. The van der Waals surface area contributed by atoms with Gasteiger partial charge in [-0.25, -0.2) is 0 Å². The standard InChI is InChI=1S/C16H11BrF3NO3/c17-11-5-6-14(10(7-11)8-22)24-9-15(23)21-13-4-2-1-3-12(13)16(18,19)20/h1-8H,9H2,(H,21,23). The van der Waals surface area contributed by atoms with Crippen LogP contribution in [-0.2, 0) is 11.0 Å². The maximum Gasteiger partial charge on any atom is 0.418 e. The number of benzene rings is 2. The fourth-order valence-electron chi connectivity index (χ4n) is 1.91. The fraction of sp³-hybridized carbons (Fsp3) is 0.125. The van der Waals surface area contributed by atoms with Gasteiger partial charge in [0.15, 0.2) is 12.9 Å². The largest absolute Gasteiger partial charge is 0.483 e. The van der Waals surface area contributed by atoms with Gasteiger partial charge in [-0.15, -0.1) is 0 Å². The number of para-hydroxylation sites is 1. The summed E-state index contributed by atoms with van der Waals surface area (Å²) in [5, 5.41) is 2.15. The number of ether oxygens (including phenoxy) is 1. The van der Waals surface area contributed by atoms with Crippen molar-refractivity contribution in [1.82, 2.24) is 0 Å². The normalized spacial score (nSPS) is 11.0. The Morgan fingerprint density at radius 1 is 1.21 bits per heavy atom. The Kier molecular flexibility index (Phi) is 5.61. The summed E-state index contributed by atoms with van der Waals surface area (Å²) < 4.78 is 44.4. The van der Waals surface area contributed by atoms with E-state index in [1.165, 1.54) is 24.3 Å². The predicted molar refractivity (Wildman–Crippen MR) is 85.1 cm³/mol. The first-order chi connectivity index (χ1) is 11.3. The summed E-state index contributed by atoms with van der Waals surface area (Å²) in [5.41, 5.74) is -1.09. The van der Waals surface area contributed by atoms with E-state index >= 15 is 0 Å². The zero-order valence-electron chi connectivity index (χ0n) is 12.1. The molecule has 0 saturated heterocycles. The van der Waals surface area contributed by atoms with Crippen LogP contribution >= 0.6 is 15.9 Å². The van der Waals surface area contributed by atoms with Gasteiger partial charge in [-0.05, 0) is 30.3 Å². The highest BCUT2D eigenvalue weighted by molar-refractivity contribution is 9.10. The SMILES string of the molecule is O=Cc1cc(Br)ccc1OCC(=O)Nc1ccccc1C(F)(F)F. The molecule has 2 aromatic carbocycles. The summed E-state index contributed by atoms with van der Waals surface area (Å²) in [4.78, 5) is 22.8. The van der Waals surface area contributed by atoms with Crippen LogP contribution in [0.5, 0.6) is 5.75 Å². The summed E-state index contributed by atoms with van der Waals surface area (Å²) in [6, 6.07) is 9.22. The van der Waals surface area contributed by atoms with Crippen LogP contribution in [0.2, 0.25) is 0 Å². The Hall–Kier alpha value is -2.35. The van der Waals surface area contributed by atoms with Crippen LogP contribution in [0.3, 0.4) is 0 Å². The van der Waals surface area contributed by atoms with E-state index in [4.69, 9.17) is 4.74 Å². The minimum absolute atomic E-state index is 0.160. The topological polar surface area (TPSA) is 55.4 Å². The van der Waals surface area contributed by atoms with Crippen molar-refractivity contribution in [2.45, 2.75) is 6.18 Å². The molecule has 0 aliphatic heterocycles. The molecule has 0 radical (unpaired) electrons. The highest BCUT2D eigenvalue weighted by Gasteiger charge is 2.33. The molecule has 2 rings (SSSR count). The van der Waals surface area contributed by atoms with Crippen molar-refractivity contribution in [2.24, 2.45) is 0 Å². The molecular formula is C16H11BrF3NO3. The molecule has 0 heterocycles. The molecule has 8 heteroatoms. The molecule has 0 aromatic heterocycles. The van der Waals surface area contributed by atoms with Crippen molar-refractivity contribution in [3.8, 4) is 5.75 Å². The number of halogens is 4. The van der Waals surface area contributed by atoms with Crippen molar-refractivity contribution in [1.29, 1.82) is 0 Å². The van der Waals surface area contributed by atoms with Gasteiger partial charge < -0.3 is 10.1 Å². The number of alkyl halides is 3. The number of rotatable bonds is 5. The predicted octanol–water partition coefficient (Wildman–Crippen LogP) is 4.30. The number of hydrogen-bond acceptors (Lipinski definition) is 3. The minimum Gasteiger partial charge on any atom is -0.483 e. The number of hydrogen-bond donors (Lipinski definition) is 1. The summed E-state index contributed by atoms with van der Waals surface area (Å²) in [6.07, 6.45) is -4.03. The highest BCUT2D eigenvalue weighted by Crippen LogP contribution is 2.34. The lowest BCUT2D eigenvalue weighted by Crippen LogP contribution is -2.22. The van der Waals surface area contributed by atoms with Crippen molar-refractivity contribution < 1.29 is 27.5 Å². The van der Waals surface area contributed by atoms with Gasteiger partial charge in [0.2, 0.25) is 0 Å². The highest BCUT2D eigenvalue weighted by atomic mass is 79.9. The lowest BCUT2D eigenvalue weighted by Gasteiger charge is -2.14. The molecule has 0 unspecified atom stereocenters. The molecule has 0 bridgehead atoms. The van der Waals surface area contributed by atoms with Gasteiger partial charge in [0.1, 0.15) is 5.75 Å². The molecule has 126 valence electrons. The molecule has 2 aromatic rings. The molecular weight excluding hydrogens is 391 g/mol. The quantitative estimate of drug-likeness (QED) is 0.759. The van der Waals surface area contributed by atoms with E-state index in [0.29, 0.717) is 10.8 Å². The van der Waals surface area contributed by atoms with E-state index < -0.39 is 24.3 Å². The van der Waals surface area contributed by atoms with Crippen molar-refractivity contribution in [3.05, 3.63) is 58.1 Å². The number of aldehydes is 1. The number of carbonyl (C=O) groups excluding carboxylic acids is 2. The molecule has 0 aliphatic rings. The third-order valence-electron chi connectivity index (χ3n) is 2.96. The van der Waals surface area contributed by atoms with E-state index in [9.17, 15) is 22.8 Å². The van der Waals surface area contributed by atoms with Gasteiger partial charge in [-0.3, -0.25) is 9.59 Å². The van der Waals surface area contributed by atoms with E-state index in [1.54, 1.807) is 6.07 Å². The summed E-state index contributed by atoms with van der Waals surface area (Å²) in [7, 11) is 0. The lowest BCUT2D eigenvalue weighted by atomic mass is 10.1. The Morgan fingerprint density at radius 2 is 1.92 bits per heavy atom. The van der Waals surface area contributed by atoms with Crippen LogP contribution in [0, 0.1) is 0 Å². The zero-order valence-corrected chi connectivity index (χ0v) is 13.6. The Balaban J connectivity index is 2.06. The van der Waals surface area contributed by atoms with Crippen molar-refractivity contribution >= 4 is 33.8 Å². The number of nitrogens with one attached hydrogen (secondary N) is 1. The van der Waals surface area contributed by atoms with Gasteiger partial charge in [0, 0.05) is 4.47 Å². The fourth-order valence-corrected chi connectivity index (χ4v) is 2.29. The average Bonchev–Trinajstić information content (AvgIpc) is 2.53. The smallest absolute Gasteiger partial charge is 0.418 e.